The monoisotopic (exact) mass is 238 g/mol. The number of benzene rings is 1. The van der Waals surface area contributed by atoms with Crippen molar-refractivity contribution < 1.29 is 19.1 Å². The number of aryl methyl sites for hydroxylation is 1. The van der Waals surface area contributed by atoms with Crippen molar-refractivity contribution >= 4 is 17.9 Å². The van der Waals surface area contributed by atoms with Gasteiger partial charge in [0.05, 0.1) is 19.9 Å². The number of nitrogens with one attached hydrogen (secondary N) is 1. The number of hydrazine groups is 1. The van der Waals surface area contributed by atoms with Gasteiger partial charge in [-0.2, -0.15) is 5.01 Å². The summed E-state index contributed by atoms with van der Waals surface area (Å²) in [5, 5.41) is 0.964. The van der Waals surface area contributed by atoms with Crippen molar-refractivity contribution in [2.24, 2.45) is 0 Å². The van der Waals surface area contributed by atoms with Crippen LogP contribution in [0, 0.1) is 6.92 Å². The SMILES string of the molecule is COC(=O)NN(C(=O)OC)c1ccc(C)cc1. The highest BCUT2D eigenvalue weighted by Gasteiger charge is 2.18. The maximum absolute atomic E-state index is 11.5. The topological polar surface area (TPSA) is 67.9 Å². The normalized spacial score (nSPS) is 9.35. The molecule has 2 amide bonds. The molecular formula is C11H14N2O4. The molecule has 0 fully saturated rings. The predicted octanol–water partition coefficient (Wildman–Crippen LogP) is 1.84. The molecule has 0 saturated carbocycles. The Hall–Kier alpha value is -2.24. The number of carbonyl (C=O) groups excluding carboxylic acids is 2. The number of rotatable bonds is 1. The smallest absolute Gasteiger partial charge is 0.433 e. The zero-order chi connectivity index (χ0) is 12.8. The molecule has 17 heavy (non-hydrogen) atoms. The summed E-state index contributed by atoms with van der Waals surface area (Å²) in [4.78, 5) is 22.6. The number of carbonyl (C=O) groups is 2. The molecule has 1 aromatic rings. The summed E-state index contributed by atoms with van der Waals surface area (Å²) in [6.45, 7) is 1.92. The van der Waals surface area contributed by atoms with Gasteiger partial charge in [0.1, 0.15) is 0 Å². The molecule has 0 aliphatic carbocycles. The zero-order valence-electron chi connectivity index (χ0n) is 9.89. The molecule has 0 atom stereocenters. The second kappa shape index (κ2) is 5.74. The Labute approximate surface area is 99.1 Å². The van der Waals surface area contributed by atoms with E-state index in [2.05, 4.69) is 14.9 Å². The van der Waals surface area contributed by atoms with Crippen LogP contribution in [0.1, 0.15) is 5.56 Å². The molecule has 1 rings (SSSR count). The van der Waals surface area contributed by atoms with Crippen LogP contribution in [0.15, 0.2) is 24.3 Å². The maximum Gasteiger partial charge on any atom is 0.433 e. The molecule has 0 radical (unpaired) electrons. The number of ether oxygens (including phenoxy) is 2. The first-order chi connectivity index (χ1) is 8.08. The van der Waals surface area contributed by atoms with Gasteiger partial charge in [-0.15, -0.1) is 0 Å². The van der Waals surface area contributed by atoms with E-state index in [9.17, 15) is 9.59 Å². The Morgan fingerprint density at radius 3 is 2.18 bits per heavy atom. The van der Waals surface area contributed by atoms with E-state index in [0.717, 1.165) is 10.6 Å². The molecule has 0 aliphatic heterocycles. The molecule has 6 heteroatoms. The lowest BCUT2D eigenvalue weighted by atomic mass is 10.2. The standard InChI is InChI=1S/C11H14N2O4/c1-8-4-6-9(7-5-8)13(11(15)17-3)12-10(14)16-2/h4-7H,1-3H3,(H,12,14). The molecule has 0 aliphatic rings. The lowest BCUT2D eigenvalue weighted by Gasteiger charge is -2.20. The fraction of sp³-hybridized carbons (Fsp3) is 0.273. The van der Waals surface area contributed by atoms with Crippen molar-refractivity contribution in [3.63, 3.8) is 0 Å². The minimum Gasteiger partial charge on any atom is -0.452 e. The van der Waals surface area contributed by atoms with Crippen LogP contribution in [0.5, 0.6) is 0 Å². The van der Waals surface area contributed by atoms with Gasteiger partial charge in [0, 0.05) is 0 Å². The molecule has 0 saturated heterocycles. The molecular weight excluding hydrogens is 224 g/mol. The maximum atomic E-state index is 11.5. The van der Waals surface area contributed by atoms with Crippen LogP contribution >= 0.6 is 0 Å². The van der Waals surface area contributed by atoms with E-state index in [0.29, 0.717) is 5.69 Å². The second-order valence-corrected chi connectivity index (χ2v) is 3.24. The minimum atomic E-state index is -0.754. The average molecular weight is 238 g/mol. The van der Waals surface area contributed by atoms with E-state index in [1.165, 1.54) is 14.2 Å². The molecule has 92 valence electrons. The van der Waals surface area contributed by atoms with E-state index in [1.807, 2.05) is 19.1 Å². The predicted molar refractivity (Wildman–Crippen MR) is 61.6 cm³/mol. The van der Waals surface area contributed by atoms with Crippen LogP contribution in [0.2, 0.25) is 0 Å². The van der Waals surface area contributed by atoms with Gasteiger partial charge in [0.2, 0.25) is 0 Å². The summed E-state index contributed by atoms with van der Waals surface area (Å²) in [6.07, 6.45) is -1.46. The van der Waals surface area contributed by atoms with E-state index in [-0.39, 0.29) is 0 Å². The van der Waals surface area contributed by atoms with Crippen molar-refractivity contribution in [3.8, 4) is 0 Å². The van der Waals surface area contributed by atoms with Crippen LogP contribution in [0.3, 0.4) is 0 Å². The van der Waals surface area contributed by atoms with E-state index < -0.39 is 12.2 Å². The van der Waals surface area contributed by atoms with E-state index >= 15 is 0 Å². The molecule has 1 N–H and O–H groups in total. The summed E-state index contributed by atoms with van der Waals surface area (Å²) in [5.74, 6) is 0. The molecule has 6 nitrogen and oxygen atoms in total. The van der Waals surface area contributed by atoms with E-state index in [1.54, 1.807) is 12.1 Å². The minimum absolute atomic E-state index is 0.479. The van der Waals surface area contributed by atoms with Crippen LogP contribution in [0.25, 0.3) is 0 Å². The van der Waals surface area contributed by atoms with Crippen molar-refractivity contribution in [1.29, 1.82) is 0 Å². The van der Waals surface area contributed by atoms with Crippen LogP contribution < -0.4 is 10.4 Å². The molecule has 1 aromatic carbocycles. The highest BCUT2D eigenvalue weighted by Crippen LogP contribution is 2.14. The Balaban J connectivity index is 2.93. The Bertz CT molecular complexity index is 402. The highest BCUT2D eigenvalue weighted by atomic mass is 16.6. The van der Waals surface area contributed by atoms with Gasteiger partial charge < -0.3 is 9.47 Å². The lowest BCUT2D eigenvalue weighted by molar-refractivity contribution is 0.157. The third-order valence-corrected chi connectivity index (χ3v) is 2.04. The van der Waals surface area contributed by atoms with Crippen molar-refractivity contribution in [2.75, 3.05) is 19.2 Å². The van der Waals surface area contributed by atoms with Crippen LogP contribution in [-0.2, 0) is 9.47 Å². The molecule has 0 bridgehead atoms. The quantitative estimate of drug-likeness (QED) is 0.758. The average Bonchev–Trinajstić information content (AvgIpc) is 2.36. The van der Waals surface area contributed by atoms with Crippen molar-refractivity contribution in [2.45, 2.75) is 6.92 Å². The fourth-order valence-corrected chi connectivity index (χ4v) is 1.14. The summed E-state index contributed by atoms with van der Waals surface area (Å²) in [6, 6.07) is 6.98. The molecule has 0 heterocycles. The third-order valence-electron chi connectivity index (χ3n) is 2.04. The largest absolute Gasteiger partial charge is 0.452 e. The summed E-state index contributed by atoms with van der Waals surface area (Å²) in [7, 11) is 2.43. The van der Waals surface area contributed by atoms with Crippen LogP contribution in [-0.4, -0.2) is 26.4 Å². The molecule has 0 spiro atoms. The first-order valence-electron chi connectivity index (χ1n) is 4.88. The van der Waals surface area contributed by atoms with Gasteiger partial charge in [0.25, 0.3) is 0 Å². The van der Waals surface area contributed by atoms with Gasteiger partial charge in [-0.3, -0.25) is 0 Å². The number of amides is 2. The van der Waals surface area contributed by atoms with Crippen LogP contribution in [0.4, 0.5) is 15.3 Å². The lowest BCUT2D eigenvalue weighted by Crippen LogP contribution is -2.46. The van der Waals surface area contributed by atoms with Gasteiger partial charge >= 0.3 is 12.2 Å². The van der Waals surface area contributed by atoms with Gasteiger partial charge in [-0.1, -0.05) is 17.7 Å². The van der Waals surface area contributed by atoms with Gasteiger partial charge in [0.15, 0.2) is 0 Å². The summed E-state index contributed by atoms with van der Waals surface area (Å²) in [5.41, 5.74) is 3.77. The van der Waals surface area contributed by atoms with E-state index in [4.69, 9.17) is 0 Å². The fourth-order valence-electron chi connectivity index (χ4n) is 1.14. The number of methoxy groups -OCH3 is 2. The molecule has 0 unspecified atom stereocenters. The Morgan fingerprint density at radius 1 is 1.12 bits per heavy atom. The third kappa shape index (κ3) is 3.37. The van der Waals surface area contributed by atoms with Crippen molar-refractivity contribution in [1.82, 2.24) is 5.43 Å². The van der Waals surface area contributed by atoms with Crippen molar-refractivity contribution in [3.05, 3.63) is 29.8 Å². The molecule has 0 aromatic heterocycles. The Morgan fingerprint density at radius 2 is 1.71 bits per heavy atom. The first kappa shape index (κ1) is 12.8. The summed E-state index contributed by atoms with van der Waals surface area (Å²) < 4.78 is 8.98. The number of hydrogen-bond acceptors (Lipinski definition) is 4. The number of hydrogen-bond donors (Lipinski definition) is 1. The highest BCUT2D eigenvalue weighted by molar-refractivity contribution is 5.90. The number of nitrogens with zero attached hydrogens (tertiary/aromatic N) is 1. The summed E-state index contributed by atoms with van der Waals surface area (Å²) >= 11 is 0. The van der Waals surface area contributed by atoms with Gasteiger partial charge in [-0.25, -0.2) is 15.0 Å². The second-order valence-electron chi connectivity index (χ2n) is 3.24. The zero-order valence-corrected chi connectivity index (χ0v) is 9.89. The Kier molecular flexibility index (Phi) is 4.33. The number of anilines is 1. The van der Waals surface area contributed by atoms with Gasteiger partial charge in [-0.05, 0) is 19.1 Å². The first-order valence-corrected chi connectivity index (χ1v) is 4.88.